The Kier molecular flexibility index (Phi) is 6.66. The summed E-state index contributed by atoms with van der Waals surface area (Å²) < 4.78 is 5.46. The number of nitrogens with zero attached hydrogens (tertiary/aromatic N) is 2. The monoisotopic (exact) mass is 443 g/mol. The Morgan fingerprint density at radius 1 is 1.19 bits per heavy atom. The number of carbonyl (C=O) groups is 3. The molecule has 0 unspecified atom stereocenters. The number of nitrogens with two attached hydrogens (primary N) is 2. The number of carbonyl (C=O) groups excluding carboxylic acids is 3. The fraction of sp³-hybridized carbons (Fsp3) is 0.609. The summed E-state index contributed by atoms with van der Waals surface area (Å²) in [4.78, 5) is 41.4. The maximum absolute atomic E-state index is 13.9. The second kappa shape index (κ2) is 9.46. The number of ether oxygens (including phenoxy) is 1. The molecule has 4 rings (SSSR count). The number of hydrogen-bond donors (Lipinski definition) is 3. The lowest BCUT2D eigenvalue weighted by molar-refractivity contribution is -0.142. The molecule has 9 heteroatoms. The van der Waals surface area contributed by atoms with Crippen molar-refractivity contribution in [1.82, 2.24) is 9.80 Å². The van der Waals surface area contributed by atoms with Crippen molar-refractivity contribution in [2.75, 3.05) is 32.1 Å². The molecule has 1 aromatic carbocycles. The number of amides is 4. The largest absolute Gasteiger partial charge is 0.383 e. The van der Waals surface area contributed by atoms with Crippen LogP contribution in [-0.2, 0) is 14.3 Å². The number of methoxy groups -OCH3 is 1. The number of hydrogen-bond acceptors (Lipinski definition) is 6. The van der Waals surface area contributed by atoms with Gasteiger partial charge in [-0.15, -0.1) is 0 Å². The van der Waals surface area contributed by atoms with Crippen molar-refractivity contribution in [3.8, 4) is 0 Å². The molecule has 2 fully saturated rings. The van der Waals surface area contributed by atoms with Gasteiger partial charge in [0.25, 0.3) is 0 Å². The third-order valence-corrected chi connectivity index (χ3v) is 7.27. The van der Waals surface area contributed by atoms with Gasteiger partial charge < -0.3 is 26.4 Å². The minimum atomic E-state index is -0.836. The first-order valence-corrected chi connectivity index (χ1v) is 11.4. The molecule has 0 radical (unpaired) electrons. The quantitative estimate of drug-likeness (QED) is 0.631. The second-order valence-electron chi connectivity index (χ2n) is 8.99. The molecule has 9 nitrogen and oxygen atoms in total. The Morgan fingerprint density at radius 3 is 2.66 bits per heavy atom. The van der Waals surface area contributed by atoms with Crippen LogP contribution in [0.25, 0.3) is 0 Å². The topological polar surface area (TPSA) is 131 Å². The van der Waals surface area contributed by atoms with Gasteiger partial charge in [0.15, 0.2) is 0 Å². The molecule has 4 amide bonds. The van der Waals surface area contributed by atoms with E-state index in [1.165, 1.54) is 0 Å². The zero-order chi connectivity index (χ0) is 22.8. The highest BCUT2D eigenvalue weighted by Gasteiger charge is 2.49. The molecule has 174 valence electrons. The fourth-order valence-corrected chi connectivity index (χ4v) is 5.91. The zero-order valence-electron chi connectivity index (χ0n) is 18.5. The molecule has 0 spiro atoms. The van der Waals surface area contributed by atoms with Crippen molar-refractivity contribution < 1.29 is 19.1 Å². The van der Waals surface area contributed by atoms with Crippen LogP contribution in [0.5, 0.6) is 0 Å². The maximum Gasteiger partial charge on any atom is 0.321 e. The summed E-state index contributed by atoms with van der Waals surface area (Å²) in [5, 5.41) is 3.58. The molecule has 2 heterocycles. The first-order valence-electron chi connectivity index (χ1n) is 11.4. The lowest BCUT2D eigenvalue weighted by Gasteiger charge is -2.43. The summed E-state index contributed by atoms with van der Waals surface area (Å²) in [5.74, 6) is -0.776. The van der Waals surface area contributed by atoms with Gasteiger partial charge in [0.1, 0.15) is 0 Å². The number of nitrogens with one attached hydrogen (secondary N) is 1. The highest BCUT2D eigenvalue weighted by molar-refractivity contribution is 5.96. The lowest BCUT2D eigenvalue weighted by Crippen LogP contribution is -2.56. The van der Waals surface area contributed by atoms with Gasteiger partial charge in [-0.1, -0.05) is 31.0 Å². The Balaban J connectivity index is 1.65. The van der Waals surface area contributed by atoms with Gasteiger partial charge in [0, 0.05) is 25.3 Å². The standard InChI is InChI=1S/C23H33N5O4/c1-32-13-18-15-10-11-27(21(15)14-6-2-4-8-17(14)26-18)22(30)16-7-3-5-9-19(16)28(23(25)31)20(29)12-24/h2,4,6,8,15-16,18-19,21,26H,3,5,7,9-13,24H2,1H3,(H2,25,31)/t15-,16+,18+,19-,21+/m1/s1. The minimum absolute atomic E-state index is 0.00820. The van der Waals surface area contributed by atoms with E-state index >= 15 is 0 Å². The van der Waals surface area contributed by atoms with E-state index in [9.17, 15) is 14.4 Å². The first kappa shape index (κ1) is 22.5. The van der Waals surface area contributed by atoms with Gasteiger partial charge >= 0.3 is 6.03 Å². The summed E-state index contributed by atoms with van der Waals surface area (Å²) in [6.07, 6.45) is 3.77. The summed E-state index contributed by atoms with van der Waals surface area (Å²) in [5.41, 5.74) is 13.2. The van der Waals surface area contributed by atoms with Gasteiger partial charge in [0.05, 0.1) is 37.2 Å². The summed E-state index contributed by atoms with van der Waals surface area (Å²) in [7, 11) is 1.69. The van der Waals surface area contributed by atoms with Crippen molar-refractivity contribution in [2.45, 2.75) is 50.2 Å². The van der Waals surface area contributed by atoms with Crippen molar-refractivity contribution in [1.29, 1.82) is 0 Å². The van der Waals surface area contributed by atoms with Crippen LogP contribution in [0.2, 0.25) is 0 Å². The molecular weight excluding hydrogens is 410 g/mol. The number of para-hydroxylation sites is 1. The number of anilines is 1. The summed E-state index contributed by atoms with van der Waals surface area (Å²) in [6, 6.07) is 6.75. The van der Waals surface area contributed by atoms with Gasteiger partial charge in [-0.25, -0.2) is 4.79 Å². The van der Waals surface area contributed by atoms with Crippen LogP contribution < -0.4 is 16.8 Å². The van der Waals surface area contributed by atoms with Crippen LogP contribution >= 0.6 is 0 Å². The van der Waals surface area contributed by atoms with Crippen molar-refractivity contribution >= 4 is 23.5 Å². The van der Waals surface area contributed by atoms with Crippen LogP contribution in [0.3, 0.4) is 0 Å². The van der Waals surface area contributed by atoms with Crippen LogP contribution in [0.15, 0.2) is 24.3 Å². The Bertz CT molecular complexity index is 878. The molecule has 0 bridgehead atoms. The van der Waals surface area contributed by atoms with E-state index in [0.29, 0.717) is 26.0 Å². The zero-order valence-corrected chi connectivity index (χ0v) is 18.5. The van der Waals surface area contributed by atoms with E-state index in [2.05, 4.69) is 11.4 Å². The van der Waals surface area contributed by atoms with E-state index in [0.717, 1.165) is 35.4 Å². The molecule has 1 saturated carbocycles. The maximum atomic E-state index is 13.9. The highest BCUT2D eigenvalue weighted by atomic mass is 16.5. The van der Waals surface area contributed by atoms with Crippen LogP contribution in [0.4, 0.5) is 10.5 Å². The number of rotatable bonds is 5. The predicted octanol–water partition coefficient (Wildman–Crippen LogP) is 1.44. The first-order chi connectivity index (χ1) is 15.5. The molecule has 1 saturated heterocycles. The molecule has 5 atom stereocenters. The Labute approximate surface area is 188 Å². The van der Waals surface area contributed by atoms with Crippen LogP contribution in [0.1, 0.15) is 43.7 Å². The molecule has 1 aromatic rings. The van der Waals surface area contributed by atoms with Gasteiger partial charge in [-0.05, 0) is 30.9 Å². The van der Waals surface area contributed by atoms with Crippen molar-refractivity contribution in [3.05, 3.63) is 29.8 Å². The van der Waals surface area contributed by atoms with E-state index in [1.54, 1.807) is 7.11 Å². The van der Waals surface area contributed by atoms with Crippen LogP contribution in [-0.4, -0.2) is 66.5 Å². The number of primary amides is 1. The summed E-state index contributed by atoms with van der Waals surface area (Å²) >= 11 is 0. The molecule has 0 aromatic heterocycles. The molecule has 2 aliphatic heterocycles. The van der Waals surface area contributed by atoms with E-state index in [-0.39, 0.29) is 30.5 Å². The predicted molar refractivity (Wildman–Crippen MR) is 120 cm³/mol. The number of imide groups is 1. The number of likely N-dealkylation sites (tertiary alicyclic amines) is 1. The second-order valence-corrected chi connectivity index (χ2v) is 8.99. The molecule has 3 aliphatic rings. The molecular formula is C23H33N5O4. The number of benzene rings is 1. The van der Waals surface area contributed by atoms with Crippen LogP contribution in [0, 0.1) is 11.8 Å². The summed E-state index contributed by atoms with van der Waals surface area (Å²) in [6.45, 7) is 0.881. The average molecular weight is 444 g/mol. The Morgan fingerprint density at radius 2 is 1.94 bits per heavy atom. The van der Waals surface area contributed by atoms with Crippen molar-refractivity contribution in [2.24, 2.45) is 23.3 Å². The smallest absolute Gasteiger partial charge is 0.321 e. The minimum Gasteiger partial charge on any atom is -0.383 e. The van der Waals surface area contributed by atoms with E-state index < -0.39 is 23.9 Å². The highest BCUT2D eigenvalue weighted by Crippen LogP contribution is 2.47. The Hall–Kier alpha value is -2.65. The number of fused-ring (bicyclic) bond motifs is 3. The van der Waals surface area contributed by atoms with E-state index in [4.69, 9.17) is 16.2 Å². The SMILES string of the molecule is COC[C@@H]1Nc2ccccc2[C@H]2[C@@H]1CCN2C(=O)[C@H]1CCCC[C@H]1N(C(N)=O)C(=O)CN. The molecule has 32 heavy (non-hydrogen) atoms. The van der Waals surface area contributed by atoms with Gasteiger partial charge in [-0.2, -0.15) is 0 Å². The van der Waals surface area contributed by atoms with Gasteiger partial charge in [0.2, 0.25) is 11.8 Å². The lowest BCUT2D eigenvalue weighted by atomic mass is 9.80. The average Bonchev–Trinajstić information content (AvgIpc) is 3.25. The molecule has 1 aliphatic carbocycles. The van der Waals surface area contributed by atoms with E-state index in [1.807, 2.05) is 23.1 Å². The van der Waals surface area contributed by atoms with Crippen molar-refractivity contribution in [3.63, 3.8) is 0 Å². The normalized spacial score (nSPS) is 28.9. The third kappa shape index (κ3) is 3.95. The van der Waals surface area contributed by atoms with Gasteiger partial charge in [-0.3, -0.25) is 14.5 Å². The third-order valence-electron chi connectivity index (χ3n) is 7.27. The number of urea groups is 1. The molecule has 5 N–H and O–H groups in total. The fourth-order valence-electron chi connectivity index (χ4n) is 5.91.